The Labute approximate surface area is 191 Å². The molecule has 5 aromatic rings. The van der Waals surface area contributed by atoms with Gasteiger partial charge in [-0.2, -0.15) is 5.10 Å². The molecule has 2 heterocycles. The molecule has 1 aliphatic rings. The molecule has 0 aliphatic carbocycles. The van der Waals surface area contributed by atoms with Crippen molar-refractivity contribution in [3.63, 3.8) is 0 Å². The molecule has 1 unspecified atom stereocenters. The normalized spacial score (nSPS) is 15.8. The molecule has 0 N–H and O–H groups in total. The van der Waals surface area contributed by atoms with E-state index in [2.05, 4.69) is 89.3 Å². The van der Waals surface area contributed by atoms with Crippen molar-refractivity contribution in [1.29, 1.82) is 0 Å². The fourth-order valence-electron chi connectivity index (χ4n) is 4.28. The van der Waals surface area contributed by atoms with Crippen LogP contribution in [-0.4, -0.2) is 10.7 Å². The van der Waals surface area contributed by atoms with Crippen LogP contribution in [0, 0.1) is 0 Å². The molecule has 0 saturated carbocycles. The lowest BCUT2D eigenvalue weighted by molar-refractivity contribution is 0.707. The molecule has 1 aliphatic heterocycles. The fourth-order valence-corrected chi connectivity index (χ4v) is 5.11. The number of hydrazone groups is 1. The van der Waals surface area contributed by atoms with Gasteiger partial charge in [0.1, 0.15) is 0 Å². The number of nitrogens with zero attached hydrogens (tertiary/aromatic N) is 3. The number of benzene rings is 4. The first-order chi connectivity index (χ1) is 15.8. The van der Waals surface area contributed by atoms with Gasteiger partial charge < -0.3 is 0 Å². The second kappa shape index (κ2) is 8.06. The fraction of sp³-hybridized carbons (Fsp3) is 0.0714. The van der Waals surface area contributed by atoms with Crippen molar-refractivity contribution in [3.05, 3.63) is 120 Å². The van der Waals surface area contributed by atoms with Gasteiger partial charge >= 0.3 is 0 Å². The Morgan fingerprint density at radius 3 is 2.19 bits per heavy atom. The minimum atomic E-state index is 0.115. The maximum Gasteiger partial charge on any atom is 0.207 e. The third kappa shape index (κ3) is 3.49. The van der Waals surface area contributed by atoms with Gasteiger partial charge in [0.15, 0.2) is 0 Å². The molecule has 6 rings (SSSR count). The SMILES string of the molecule is c1ccc(C2=NN(c3nc(-c4ccccc4)cs3)C(c3ccc4ccccc4c3)C2)cc1. The van der Waals surface area contributed by atoms with Gasteiger partial charge in [-0.05, 0) is 28.0 Å². The zero-order valence-corrected chi connectivity index (χ0v) is 18.2. The molecule has 32 heavy (non-hydrogen) atoms. The van der Waals surface area contributed by atoms with Gasteiger partial charge in [0, 0.05) is 17.4 Å². The summed E-state index contributed by atoms with van der Waals surface area (Å²) in [5.41, 5.74) is 5.64. The third-order valence-corrected chi connectivity index (χ3v) is 6.76. The van der Waals surface area contributed by atoms with Gasteiger partial charge in [0.25, 0.3) is 0 Å². The standard InChI is InChI=1S/C28H21N3S/c1-3-10-21(11-4-1)25-18-27(24-16-15-20-9-7-8-14-23(20)17-24)31(30-25)28-29-26(19-32-28)22-12-5-2-6-13-22/h1-17,19,27H,18H2. The van der Waals surface area contributed by atoms with E-state index in [1.165, 1.54) is 21.9 Å². The van der Waals surface area contributed by atoms with Crippen LogP contribution in [0.2, 0.25) is 0 Å². The van der Waals surface area contributed by atoms with Crippen molar-refractivity contribution in [2.45, 2.75) is 12.5 Å². The topological polar surface area (TPSA) is 28.5 Å². The Morgan fingerprint density at radius 1 is 0.719 bits per heavy atom. The van der Waals surface area contributed by atoms with E-state index in [4.69, 9.17) is 10.1 Å². The minimum Gasteiger partial charge on any atom is -0.231 e. The second-order valence-electron chi connectivity index (χ2n) is 7.97. The van der Waals surface area contributed by atoms with Crippen molar-refractivity contribution < 1.29 is 0 Å². The Hall–Kier alpha value is -3.76. The molecule has 0 bridgehead atoms. The van der Waals surface area contributed by atoms with Gasteiger partial charge in [-0.1, -0.05) is 97.1 Å². The average Bonchev–Trinajstić information content (AvgIpc) is 3.53. The quantitative estimate of drug-likeness (QED) is 0.298. The van der Waals surface area contributed by atoms with Gasteiger partial charge in [0.05, 0.1) is 17.4 Å². The van der Waals surface area contributed by atoms with Crippen molar-refractivity contribution in [3.8, 4) is 11.3 Å². The lowest BCUT2D eigenvalue weighted by Crippen LogP contribution is -2.18. The number of hydrogen-bond acceptors (Lipinski definition) is 4. The summed E-state index contributed by atoms with van der Waals surface area (Å²) in [5.74, 6) is 0. The predicted octanol–water partition coefficient (Wildman–Crippen LogP) is 7.32. The summed E-state index contributed by atoms with van der Waals surface area (Å²) in [5, 5.41) is 12.7. The smallest absolute Gasteiger partial charge is 0.207 e. The highest BCUT2D eigenvalue weighted by molar-refractivity contribution is 7.14. The van der Waals surface area contributed by atoms with Gasteiger partial charge in [-0.15, -0.1) is 11.3 Å². The van der Waals surface area contributed by atoms with Crippen molar-refractivity contribution >= 4 is 33.0 Å². The molecular formula is C28H21N3S. The molecule has 1 atom stereocenters. The monoisotopic (exact) mass is 431 g/mol. The third-order valence-electron chi connectivity index (χ3n) is 5.93. The van der Waals surface area contributed by atoms with E-state index in [1.807, 2.05) is 24.3 Å². The number of fused-ring (bicyclic) bond motifs is 1. The molecule has 4 heteroatoms. The van der Waals surface area contributed by atoms with Crippen LogP contribution in [0.5, 0.6) is 0 Å². The molecule has 0 amide bonds. The van der Waals surface area contributed by atoms with Crippen LogP contribution in [0.1, 0.15) is 23.6 Å². The number of hydrogen-bond donors (Lipinski definition) is 0. The summed E-state index contributed by atoms with van der Waals surface area (Å²) >= 11 is 1.65. The number of thiazole rings is 1. The van der Waals surface area contributed by atoms with E-state index in [9.17, 15) is 0 Å². The average molecular weight is 432 g/mol. The van der Waals surface area contributed by atoms with E-state index >= 15 is 0 Å². The first kappa shape index (κ1) is 19.0. The number of anilines is 1. The van der Waals surface area contributed by atoms with Gasteiger partial charge in [0.2, 0.25) is 5.13 Å². The van der Waals surface area contributed by atoms with E-state index < -0.39 is 0 Å². The van der Waals surface area contributed by atoms with Crippen LogP contribution in [-0.2, 0) is 0 Å². The first-order valence-corrected chi connectivity index (χ1v) is 11.6. The van der Waals surface area contributed by atoms with Crippen LogP contribution >= 0.6 is 11.3 Å². The van der Waals surface area contributed by atoms with E-state index in [-0.39, 0.29) is 6.04 Å². The van der Waals surface area contributed by atoms with Gasteiger partial charge in [-0.3, -0.25) is 0 Å². The van der Waals surface area contributed by atoms with Crippen LogP contribution in [0.3, 0.4) is 0 Å². The number of rotatable bonds is 4. The highest BCUT2D eigenvalue weighted by Gasteiger charge is 2.31. The summed E-state index contributed by atoms with van der Waals surface area (Å²) in [6.45, 7) is 0. The molecule has 154 valence electrons. The highest BCUT2D eigenvalue weighted by Crippen LogP contribution is 2.40. The Kier molecular flexibility index (Phi) is 4.78. The molecule has 0 spiro atoms. The molecule has 3 nitrogen and oxygen atoms in total. The van der Waals surface area contributed by atoms with Gasteiger partial charge in [-0.25, -0.2) is 9.99 Å². The predicted molar refractivity (Wildman–Crippen MR) is 134 cm³/mol. The van der Waals surface area contributed by atoms with Crippen molar-refractivity contribution in [2.75, 3.05) is 5.01 Å². The lowest BCUT2D eigenvalue weighted by Gasteiger charge is -2.21. The van der Waals surface area contributed by atoms with E-state index in [1.54, 1.807) is 11.3 Å². The zero-order valence-electron chi connectivity index (χ0n) is 17.4. The first-order valence-electron chi connectivity index (χ1n) is 10.8. The largest absolute Gasteiger partial charge is 0.231 e. The molecule has 0 saturated heterocycles. The Balaban J connectivity index is 1.42. The molecular weight excluding hydrogens is 410 g/mol. The van der Waals surface area contributed by atoms with Crippen LogP contribution in [0.15, 0.2) is 114 Å². The molecule has 0 radical (unpaired) electrons. The van der Waals surface area contributed by atoms with Crippen molar-refractivity contribution in [2.24, 2.45) is 5.10 Å². The molecule has 0 fully saturated rings. The van der Waals surface area contributed by atoms with Crippen LogP contribution < -0.4 is 5.01 Å². The lowest BCUT2D eigenvalue weighted by atomic mass is 9.96. The van der Waals surface area contributed by atoms with E-state index in [0.717, 1.165) is 28.5 Å². The van der Waals surface area contributed by atoms with Crippen molar-refractivity contribution in [1.82, 2.24) is 4.98 Å². The van der Waals surface area contributed by atoms with E-state index in [0.29, 0.717) is 0 Å². The second-order valence-corrected chi connectivity index (χ2v) is 8.80. The van der Waals surface area contributed by atoms with Crippen LogP contribution in [0.25, 0.3) is 22.0 Å². The summed E-state index contributed by atoms with van der Waals surface area (Å²) < 4.78 is 0. The molecule has 1 aromatic heterocycles. The maximum absolute atomic E-state index is 5.07. The maximum atomic E-state index is 5.07. The highest BCUT2D eigenvalue weighted by atomic mass is 32.1. The minimum absolute atomic E-state index is 0.115. The van der Waals surface area contributed by atoms with Crippen LogP contribution in [0.4, 0.5) is 5.13 Å². The number of aromatic nitrogens is 1. The molecule has 4 aromatic carbocycles. The summed E-state index contributed by atoms with van der Waals surface area (Å²) in [6.07, 6.45) is 0.850. The Bertz CT molecular complexity index is 1410. The summed E-state index contributed by atoms with van der Waals surface area (Å²) in [6, 6.07) is 36.2. The summed E-state index contributed by atoms with van der Waals surface area (Å²) in [4.78, 5) is 4.97. The zero-order chi connectivity index (χ0) is 21.3. The Morgan fingerprint density at radius 2 is 1.41 bits per heavy atom. The summed E-state index contributed by atoms with van der Waals surface area (Å²) in [7, 11) is 0.